The van der Waals surface area contributed by atoms with Crippen LogP contribution in [0.15, 0.2) is 65.6 Å². The monoisotopic (exact) mass is 496 g/mol. The second-order valence-electron chi connectivity index (χ2n) is 7.55. The van der Waals surface area contributed by atoms with Crippen LogP contribution in [0, 0.1) is 17.5 Å². The van der Waals surface area contributed by atoms with E-state index in [1.165, 1.54) is 30.3 Å². The van der Waals surface area contributed by atoms with Crippen molar-refractivity contribution in [3.05, 3.63) is 89.2 Å². The smallest absolute Gasteiger partial charge is 0.264 e. The maximum Gasteiger partial charge on any atom is 0.264 e. The molecule has 11 heteroatoms. The van der Waals surface area contributed by atoms with E-state index in [4.69, 9.17) is 0 Å². The van der Waals surface area contributed by atoms with Gasteiger partial charge in [0.15, 0.2) is 0 Å². The number of nitrogens with zero attached hydrogens (tertiary/aromatic N) is 1. The van der Waals surface area contributed by atoms with Gasteiger partial charge in [-0.15, -0.1) is 0 Å². The van der Waals surface area contributed by atoms with Crippen LogP contribution in [0.2, 0.25) is 0 Å². The zero-order valence-corrected chi connectivity index (χ0v) is 18.8. The summed E-state index contributed by atoms with van der Waals surface area (Å²) in [5.41, 5.74) is 0.963. The van der Waals surface area contributed by atoms with Crippen LogP contribution in [0.25, 0.3) is 0 Å². The van der Waals surface area contributed by atoms with Crippen LogP contribution in [0.1, 0.15) is 17.5 Å². The first-order valence-electron chi connectivity index (χ1n) is 9.91. The number of rotatable bonds is 6. The highest BCUT2D eigenvalue weighted by atomic mass is 32.2. The van der Waals surface area contributed by atoms with Crippen LogP contribution in [-0.2, 0) is 32.2 Å². The lowest BCUT2D eigenvalue weighted by atomic mass is 10.0. The normalized spacial score (nSPS) is 14.1. The van der Waals surface area contributed by atoms with E-state index in [2.05, 4.69) is 4.72 Å². The quantitative estimate of drug-likeness (QED) is 0.555. The largest absolute Gasteiger partial charge is 0.279 e. The lowest BCUT2D eigenvalue weighted by Crippen LogP contribution is -2.36. The first-order chi connectivity index (χ1) is 15.6. The molecule has 0 unspecified atom stereocenters. The van der Waals surface area contributed by atoms with Gasteiger partial charge in [-0.1, -0.05) is 24.3 Å². The minimum atomic E-state index is -4.40. The summed E-state index contributed by atoms with van der Waals surface area (Å²) in [6.07, 6.45) is 1.11. The average molecular weight is 497 g/mol. The van der Waals surface area contributed by atoms with Crippen molar-refractivity contribution >= 4 is 31.4 Å². The van der Waals surface area contributed by atoms with Crippen molar-refractivity contribution in [1.82, 2.24) is 0 Å². The molecule has 3 aromatic carbocycles. The minimum Gasteiger partial charge on any atom is -0.279 e. The van der Waals surface area contributed by atoms with Gasteiger partial charge < -0.3 is 0 Å². The van der Waals surface area contributed by atoms with Gasteiger partial charge in [0.2, 0.25) is 10.0 Å². The summed E-state index contributed by atoms with van der Waals surface area (Å²) < 4.78 is 95.9. The first-order valence-corrected chi connectivity index (χ1v) is 13.0. The molecule has 33 heavy (non-hydrogen) atoms. The Bertz CT molecular complexity index is 1430. The van der Waals surface area contributed by atoms with Crippen molar-refractivity contribution < 1.29 is 30.0 Å². The number of hydrogen-bond donors (Lipinski definition) is 1. The molecule has 0 spiro atoms. The number of sulfonamides is 2. The molecule has 0 fully saturated rings. The van der Waals surface area contributed by atoms with Crippen molar-refractivity contribution in [3.8, 4) is 0 Å². The molecule has 0 atom stereocenters. The van der Waals surface area contributed by atoms with Crippen molar-refractivity contribution in [2.45, 2.75) is 23.5 Å². The predicted molar refractivity (Wildman–Crippen MR) is 118 cm³/mol. The first kappa shape index (κ1) is 23.1. The van der Waals surface area contributed by atoms with Crippen molar-refractivity contribution in [2.75, 3.05) is 15.6 Å². The molecular formula is C22H19F3N2O4S2. The van der Waals surface area contributed by atoms with Gasteiger partial charge in [0.05, 0.1) is 17.1 Å². The molecule has 0 aliphatic carbocycles. The van der Waals surface area contributed by atoms with Gasteiger partial charge in [-0.2, -0.15) is 0 Å². The molecule has 3 aromatic rings. The highest BCUT2D eigenvalue weighted by Crippen LogP contribution is 2.34. The maximum absolute atomic E-state index is 14.0. The van der Waals surface area contributed by atoms with Gasteiger partial charge in [0.1, 0.15) is 22.3 Å². The molecule has 1 heterocycles. The summed E-state index contributed by atoms with van der Waals surface area (Å²) in [5.74, 6) is -3.37. The molecule has 174 valence electrons. The molecule has 0 saturated carbocycles. The van der Waals surface area contributed by atoms with E-state index < -0.39 is 48.1 Å². The Labute approximate surface area is 189 Å². The lowest BCUT2D eigenvalue weighted by molar-refractivity contribution is 0.551. The summed E-state index contributed by atoms with van der Waals surface area (Å²) in [7, 11) is -8.39. The second-order valence-corrected chi connectivity index (χ2v) is 11.1. The predicted octanol–water partition coefficient (Wildman–Crippen LogP) is 4.19. The van der Waals surface area contributed by atoms with Crippen LogP contribution in [0.3, 0.4) is 0 Å². The van der Waals surface area contributed by atoms with Crippen LogP contribution in [0.4, 0.5) is 24.5 Å². The summed E-state index contributed by atoms with van der Waals surface area (Å²) in [4.78, 5) is -0.745. The van der Waals surface area contributed by atoms with Crippen LogP contribution in [0.5, 0.6) is 0 Å². The highest BCUT2D eigenvalue weighted by Gasteiger charge is 2.29. The fraction of sp³-hybridized carbons (Fsp3) is 0.182. The van der Waals surface area contributed by atoms with Gasteiger partial charge in [-0.25, -0.2) is 30.0 Å². The summed E-state index contributed by atoms with van der Waals surface area (Å²) in [6.45, 7) is 0.145. The highest BCUT2D eigenvalue weighted by molar-refractivity contribution is 7.92. The fourth-order valence-corrected chi connectivity index (χ4v) is 6.46. The van der Waals surface area contributed by atoms with Gasteiger partial charge in [-0.3, -0.25) is 9.03 Å². The van der Waals surface area contributed by atoms with E-state index in [0.717, 1.165) is 16.4 Å². The second kappa shape index (κ2) is 8.71. The molecule has 0 saturated heterocycles. The molecule has 1 N–H and O–H groups in total. The number of aryl methyl sites for hydroxylation is 1. The number of halogens is 3. The van der Waals surface area contributed by atoms with E-state index in [9.17, 15) is 30.0 Å². The number of anilines is 2. The van der Waals surface area contributed by atoms with E-state index in [1.807, 2.05) is 0 Å². The topological polar surface area (TPSA) is 83.6 Å². The van der Waals surface area contributed by atoms with Gasteiger partial charge in [0, 0.05) is 18.2 Å². The average Bonchev–Trinajstić information content (AvgIpc) is 2.74. The Morgan fingerprint density at radius 3 is 2.36 bits per heavy atom. The molecule has 6 nitrogen and oxygen atoms in total. The van der Waals surface area contributed by atoms with Crippen molar-refractivity contribution in [2.24, 2.45) is 0 Å². The Balaban J connectivity index is 1.66. The number of benzene rings is 3. The summed E-state index contributed by atoms with van der Waals surface area (Å²) in [5, 5.41) is 0. The molecule has 0 amide bonds. The Kier molecular flexibility index (Phi) is 6.10. The molecule has 0 aromatic heterocycles. The van der Waals surface area contributed by atoms with Crippen molar-refractivity contribution in [1.29, 1.82) is 0 Å². The Morgan fingerprint density at radius 1 is 0.879 bits per heavy atom. The minimum absolute atomic E-state index is 0.00506. The zero-order chi connectivity index (χ0) is 23.8. The molecular weight excluding hydrogens is 477 g/mol. The lowest BCUT2D eigenvalue weighted by Gasteiger charge is -2.31. The number of hydrogen-bond acceptors (Lipinski definition) is 4. The third-order valence-electron chi connectivity index (χ3n) is 5.23. The zero-order valence-electron chi connectivity index (χ0n) is 17.1. The third kappa shape index (κ3) is 4.83. The van der Waals surface area contributed by atoms with Gasteiger partial charge >= 0.3 is 0 Å². The van der Waals surface area contributed by atoms with E-state index in [0.29, 0.717) is 24.5 Å². The van der Waals surface area contributed by atoms with E-state index in [-0.39, 0.29) is 23.5 Å². The standard InChI is InChI=1S/C22H19F3N2O4S2/c23-17-8-10-22(20(25)12-17)33(30,31)26-18-9-7-15-5-3-11-27(21(15)13-18)32(28,29)14-16-4-1-2-6-19(16)24/h1-2,4,6-10,12-13,26H,3,5,11,14H2. The summed E-state index contributed by atoms with van der Waals surface area (Å²) in [6, 6.07) is 12.0. The molecule has 4 rings (SSSR count). The molecule has 0 bridgehead atoms. The fourth-order valence-electron chi connectivity index (χ4n) is 3.69. The molecule has 1 aliphatic rings. The Morgan fingerprint density at radius 2 is 1.64 bits per heavy atom. The Hall–Kier alpha value is -3.05. The third-order valence-corrected chi connectivity index (χ3v) is 8.37. The van der Waals surface area contributed by atoms with E-state index in [1.54, 1.807) is 12.1 Å². The molecule has 1 aliphatic heterocycles. The summed E-state index contributed by atoms with van der Waals surface area (Å²) >= 11 is 0. The van der Waals surface area contributed by atoms with Crippen LogP contribution in [-0.4, -0.2) is 23.4 Å². The SMILES string of the molecule is O=S(=O)(Nc1ccc2c(c1)N(S(=O)(=O)Cc1ccccc1F)CCC2)c1ccc(F)cc1F. The van der Waals surface area contributed by atoms with Gasteiger partial charge in [-0.05, 0) is 48.7 Å². The van der Waals surface area contributed by atoms with Crippen molar-refractivity contribution in [3.63, 3.8) is 0 Å². The van der Waals surface area contributed by atoms with Crippen LogP contribution >= 0.6 is 0 Å². The van der Waals surface area contributed by atoms with E-state index >= 15 is 0 Å². The number of fused-ring (bicyclic) bond motifs is 1. The molecule has 0 radical (unpaired) electrons. The van der Waals surface area contributed by atoms with Gasteiger partial charge in [0.25, 0.3) is 10.0 Å². The van der Waals surface area contributed by atoms with Crippen LogP contribution < -0.4 is 9.03 Å². The maximum atomic E-state index is 14.0. The number of nitrogens with one attached hydrogen (secondary N) is 1.